The summed E-state index contributed by atoms with van der Waals surface area (Å²) in [5.41, 5.74) is 2.15. The van der Waals surface area contributed by atoms with Crippen LogP contribution < -0.4 is 16.0 Å². The maximum absolute atomic E-state index is 11.3. The highest BCUT2D eigenvalue weighted by atomic mass is 32.2. The summed E-state index contributed by atoms with van der Waals surface area (Å²) >= 11 is 2.40. The van der Waals surface area contributed by atoms with Crippen LogP contribution in [0.2, 0.25) is 0 Å². The molecule has 0 spiro atoms. The number of carboxylic acids is 1. The molecule has 3 unspecified atom stereocenters. The fraction of sp³-hybridized carbons (Fsp3) is 0.450. The topological polar surface area (TPSA) is 175 Å². The molecule has 6 N–H and O–H groups in total. The molecule has 0 bridgehead atoms. The van der Waals surface area contributed by atoms with E-state index in [1.54, 1.807) is 26.0 Å². The zero-order valence-electron chi connectivity index (χ0n) is 18.7. The van der Waals surface area contributed by atoms with E-state index in [9.17, 15) is 25.4 Å². The van der Waals surface area contributed by atoms with E-state index in [1.165, 1.54) is 18.7 Å². The molecule has 13 heteroatoms. The van der Waals surface area contributed by atoms with Gasteiger partial charge in [-0.05, 0) is 50.7 Å². The fourth-order valence-electron chi connectivity index (χ4n) is 2.59. The van der Waals surface area contributed by atoms with Gasteiger partial charge in [0.15, 0.2) is 5.00 Å². The summed E-state index contributed by atoms with van der Waals surface area (Å²) in [6, 6.07) is 4.56. The van der Waals surface area contributed by atoms with Crippen LogP contribution in [-0.2, 0) is 4.79 Å². The number of nitrogens with zero attached hydrogens (tertiary/aromatic N) is 4. The van der Waals surface area contributed by atoms with E-state index in [1.807, 2.05) is 6.26 Å². The van der Waals surface area contributed by atoms with Crippen LogP contribution in [0.15, 0.2) is 27.4 Å². The van der Waals surface area contributed by atoms with Crippen molar-refractivity contribution in [1.29, 1.82) is 5.26 Å². The summed E-state index contributed by atoms with van der Waals surface area (Å²) in [5.74, 6) is -1.02. The molecule has 2 rings (SSSR count). The van der Waals surface area contributed by atoms with Crippen molar-refractivity contribution < 1.29 is 20.1 Å². The SMILES string of the molecule is CSc1nsc(N=Nc2c(NCC(C)O)cc(NC(C)C(=O)O)cc2NCC(C)O)c1C#N. The average molecular weight is 494 g/mol. The normalized spacial score (nSPS) is 13.8. The highest BCUT2D eigenvalue weighted by Gasteiger charge is 2.17. The van der Waals surface area contributed by atoms with Gasteiger partial charge in [-0.1, -0.05) is 0 Å². The number of hydrogen-bond acceptors (Lipinski definition) is 12. The second kappa shape index (κ2) is 12.4. The molecule has 178 valence electrons. The first kappa shape index (κ1) is 26.3. The maximum Gasteiger partial charge on any atom is 0.325 e. The highest BCUT2D eigenvalue weighted by Crippen LogP contribution is 2.40. The van der Waals surface area contributed by atoms with E-state index in [2.05, 4.69) is 36.6 Å². The van der Waals surface area contributed by atoms with Crippen molar-refractivity contribution in [2.75, 3.05) is 35.3 Å². The third-order valence-electron chi connectivity index (χ3n) is 4.23. The zero-order valence-corrected chi connectivity index (χ0v) is 20.3. The molecular weight excluding hydrogens is 466 g/mol. The number of benzene rings is 1. The quantitative estimate of drug-likeness (QED) is 0.189. The zero-order chi connectivity index (χ0) is 24.5. The third kappa shape index (κ3) is 7.57. The van der Waals surface area contributed by atoms with Gasteiger partial charge in [0.25, 0.3) is 0 Å². The number of carboxylic acid groups (broad SMARTS) is 1. The van der Waals surface area contributed by atoms with Crippen molar-refractivity contribution in [3.05, 3.63) is 17.7 Å². The lowest BCUT2D eigenvalue weighted by Crippen LogP contribution is -2.25. The molecule has 1 heterocycles. The lowest BCUT2D eigenvalue weighted by atomic mass is 10.1. The Kier molecular flexibility index (Phi) is 9.86. The van der Waals surface area contributed by atoms with Crippen LogP contribution >= 0.6 is 23.3 Å². The Labute approximate surface area is 200 Å². The van der Waals surface area contributed by atoms with Gasteiger partial charge in [0.1, 0.15) is 28.4 Å². The minimum Gasteiger partial charge on any atom is -0.480 e. The molecule has 0 aliphatic heterocycles. The van der Waals surface area contributed by atoms with Crippen molar-refractivity contribution in [3.63, 3.8) is 0 Å². The summed E-state index contributed by atoms with van der Waals surface area (Å²) in [5, 5.41) is 56.8. The summed E-state index contributed by atoms with van der Waals surface area (Å²) in [7, 11) is 0. The minimum absolute atomic E-state index is 0.205. The van der Waals surface area contributed by atoms with E-state index in [0.29, 0.717) is 38.3 Å². The number of anilines is 3. The molecule has 1 aromatic carbocycles. The monoisotopic (exact) mass is 493 g/mol. The van der Waals surface area contributed by atoms with Crippen molar-refractivity contribution in [1.82, 2.24) is 4.37 Å². The number of aromatic nitrogens is 1. The molecule has 0 fully saturated rings. The minimum atomic E-state index is -1.02. The van der Waals surface area contributed by atoms with Gasteiger partial charge >= 0.3 is 5.97 Å². The van der Waals surface area contributed by atoms with Gasteiger partial charge in [0, 0.05) is 18.8 Å². The number of azo groups is 1. The van der Waals surface area contributed by atoms with Crippen molar-refractivity contribution in [3.8, 4) is 6.07 Å². The number of aliphatic carboxylic acids is 1. The van der Waals surface area contributed by atoms with Crippen LogP contribution in [0.1, 0.15) is 26.3 Å². The van der Waals surface area contributed by atoms with Crippen LogP contribution in [0.4, 0.5) is 27.8 Å². The third-order valence-corrected chi connectivity index (χ3v) is 5.76. The Morgan fingerprint density at radius 1 is 1.18 bits per heavy atom. The molecule has 2 aromatic rings. The van der Waals surface area contributed by atoms with Gasteiger partial charge in [-0.15, -0.1) is 22.0 Å². The first-order valence-corrected chi connectivity index (χ1v) is 12.0. The summed E-state index contributed by atoms with van der Waals surface area (Å²) in [6.45, 7) is 5.16. The summed E-state index contributed by atoms with van der Waals surface area (Å²) < 4.78 is 4.21. The van der Waals surface area contributed by atoms with E-state index < -0.39 is 24.2 Å². The number of nitriles is 1. The van der Waals surface area contributed by atoms with Crippen LogP contribution in [0.3, 0.4) is 0 Å². The van der Waals surface area contributed by atoms with E-state index >= 15 is 0 Å². The fourth-order valence-corrected chi connectivity index (χ4v) is 3.98. The molecule has 33 heavy (non-hydrogen) atoms. The predicted octanol–water partition coefficient (Wildman–Crippen LogP) is 3.62. The number of nitrogens with one attached hydrogen (secondary N) is 3. The first-order chi connectivity index (χ1) is 15.7. The molecule has 3 atom stereocenters. The molecule has 11 nitrogen and oxygen atoms in total. The number of hydrogen-bond donors (Lipinski definition) is 6. The first-order valence-electron chi connectivity index (χ1n) is 10.0. The number of rotatable bonds is 12. The maximum atomic E-state index is 11.3. The lowest BCUT2D eigenvalue weighted by Gasteiger charge is -2.19. The Morgan fingerprint density at radius 2 is 1.76 bits per heavy atom. The van der Waals surface area contributed by atoms with Crippen molar-refractivity contribution >= 4 is 57.0 Å². The molecule has 0 amide bonds. The smallest absolute Gasteiger partial charge is 0.325 e. The average Bonchev–Trinajstić information content (AvgIpc) is 3.16. The molecule has 0 aliphatic rings. The molecule has 0 saturated carbocycles. The van der Waals surface area contributed by atoms with Gasteiger partial charge in [-0.3, -0.25) is 4.79 Å². The van der Waals surface area contributed by atoms with Gasteiger partial charge in [0.2, 0.25) is 0 Å². The number of aliphatic hydroxyl groups excluding tert-OH is 2. The standard InChI is InChI=1S/C20H27N7O4S2/c1-10(28)8-22-15-5-13(24-12(3)20(30)31)6-16(23-9-11(2)29)17(15)25-26-18-14(7-21)19(32-4)27-33-18/h5-6,10-12,22-24,28-29H,8-9H2,1-4H3,(H,30,31). The van der Waals surface area contributed by atoms with E-state index in [0.717, 1.165) is 11.5 Å². The van der Waals surface area contributed by atoms with Crippen LogP contribution in [0.5, 0.6) is 0 Å². The molecule has 1 aromatic heterocycles. The predicted molar refractivity (Wildman–Crippen MR) is 130 cm³/mol. The van der Waals surface area contributed by atoms with Crippen LogP contribution in [0.25, 0.3) is 0 Å². The van der Waals surface area contributed by atoms with Gasteiger partial charge in [-0.25, -0.2) is 0 Å². The molecule has 0 aliphatic carbocycles. The lowest BCUT2D eigenvalue weighted by molar-refractivity contribution is -0.137. The Hall–Kier alpha value is -2.92. The van der Waals surface area contributed by atoms with E-state index in [-0.39, 0.29) is 13.1 Å². The molecular formula is C20H27N7O4S2. The Morgan fingerprint density at radius 3 is 2.21 bits per heavy atom. The van der Waals surface area contributed by atoms with E-state index in [4.69, 9.17) is 0 Å². The van der Waals surface area contributed by atoms with Crippen molar-refractivity contribution in [2.24, 2.45) is 10.2 Å². The van der Waals surface area contributed by atoms with Gasteiger partial charge in [-0.2, -0.15) is 9.64 Å². The second-order valence-electron chi connectivity index (χ2n) is 7.27. The number of carbonyl (C=O) groups is 1. The number of thioether (sulfide) groups is 1. The van der Waals surface area contributed by atoms with Gasteiger partial charge in [0.05, 0.1) is 23.6 Å². The molecule has 0 radical (unpaired) electrons. The number of aliphatic hydroxyl groups is 2. The Bertz CT molecular complexity index is 1000. The van der Waals surface area contributed by atoms with Gasteiger partial charge < -0.3 is 31.3 Å². The van der Waals surface area contributed by atoms with Crippen LogP contribution in [-0.4, -0.2) is 63.3 Å². The summed E-state index contributed by atoms with van der Waals surface area (Å²) in [6.07, 6.45) is 0.500. The van der Waals surface area contributed by atoms with Crippen molar-refractivity contribution in [2.45, 2.75) is 44.0 Å². The molecule has 0 saturated heterocycles. The summed E-state index contributed by atoms with van der Waals surface area (Å²) in [4.78, 5) is 11.3. The largest absolute Gasteiger partial charge is 0.480 e. The Balaban J connectivity index is 2.56. The van der Waals surface area contributed by atoms with Crippen LogP contribution in [0, 0.1) is 11.3 Å². The second-order valence-corrected chi connectivity index (χ2v) is 8.81. The highest BCUT2D eigenvalue weighted by molar-refractivity contribution is 7.98.